The molecule has 0 aliphatic heterocycles. The second kappa shape index (κ2) is 6.23. The van der Waals surface area contributed by atoms with Gasteiger partial charge in [0.15, 0.2) is 0 Å². The number of sulfonamides is 1. The average Bonchev–Trinajstić information content (AvgIpc) is 2.46. The van der Waals surface area contributed by atoms with Crippen molar-refractivity contribution in [3.05, 3.63) is 59.2 Å². The summed E-state index contributed by atoms with van der Waals surface area (Å²) in [6.07, 6.45) is -3.96. The third-order valence-electron chi connectivity index (χ3n) is 3.46. The van der Waals surface area contributed by atoms with Crippen molar-refractivity contribution in [2.45, 2.75) is 31.3 Å². The van der Waals surface area contributed by atoms with Gasteiger partial charge < -0.3 is 0 Å². The van der Waals surface area contributed by atoms with E-state index in [1.165, 1.54) is 6.07 Å². The maximum Gasteiger partial charge on any atom is 0.417 e. The highest BCUT2D eigenvalue weighted by molar-refractivity contribution is 7.92. The molecule has 124 valence electrons. The predicted octanol–water partition coefficient (Wildman–Crippen LogP) is 4.38. The van der Waals surface area contributed by atoms with Crippen molar-refractivity contribution in [1.82, 2.24) is 0 Å². The number of hydrogen-bond donors (Lipinski definition) is 1. The lowest BCUT2D eigenvalue weighted by molar-refractivity contribution is -0.139. The van der Waals surface area contributed by atoms with E-state index in [1.54, 1.807) is 18.2 Å². The Kier molecular flexibility index (Phi) is 4.70. The minimum Gasteiger partial charge on any atom is -0.280 e. The first-order chi connectivity index (χ1) is 10.6. The van der Waals surface area contributed by atoms with Crippen molar-refractivity contribution in [3.63, 3.8) is 0 Å². The molecule has 0 saturated heterocycles. The molecule has 0 aliphatic carbocycles. The first kappa shape index (κ1) is 17.3. The van der Waals surface area contributed by atoms with E-state index in [1.807, 2.05) is 13.8 Å². The molecule has 0 atom stereocenters. The lowest BCUT2D eigenvalue weighted by Gasteiger charge is -2.15. The molecule has 0 spiro atoms. The Bertz CT molecular complexity index is 814. The Labute approximate surface area is 133 Å². The number of halogens is 3. The van der Waals surface area contributed by atoms with Gasteiger partial charge in [0.2, 0.25) is 0 Å². The summed E-state index contributed by atoms with van der Waals surface area (Å²) in [4.78, 5) is -0.787. The molecule has 0 radical (unpaired) electrons. The van der Waals surface area contributed by atoms with Gasteiger partial charge in [-0.3, -0.25) is 4.72 Å². The number of aryl methyl sites for hydroxylation is 2. The van der Waals surface area contributed by atoms with Gasteiger partial charge in [0.25, 0.3) is 10.0 Å². The first-order valence-electron chi connectivity index (χ1n) is 6.93. The summed E-state index contributed by atoms with van der Waals surface area (Å²) >= 11 is 0. The number of rotatable bonds is 4. The largest absolute Gasteiger partial charge is 0.417 e. The number of nitrogens with one attached hydrogen (secondary N) is 1. The molecule has 7 heteroatoms. The second-order valence-electron chi connectivity index (χ2n) is 5.09. The zero-order chi connectivity index (χ0) is 17.3. The number of alkyl halides is 3. The van der Waals surface area contributed by atoms with E-state index < -0.39 is 26.7 Å². The third kappa shape index (κ3) is 3.85. The van der Waals surface area contributed by atoms with Crippen molar-refractivity contribution in [3.8, 4) is 0 Å². The maximum atomic E-state index is 13.0. The molecule has 0 amide bonds. The van der Waals surface area contributed by atoms with E-state index in [0.29, 0.717) is 0 Å². The SMILES string of the molecule is CCc1ccc(NS(=O)(=O)c2ccccc2C(F)(F)F)cc1C. The fraction of sp³-hybridized carbons (Fsp3) is 0.250. The smallest absolute Gasteiger partial charge is 0.280 e. The highest BCUT2D eigenvalue weighted by atomic mass is 32.2. The summed E-state index contributed by atoms with van der Waals surface area (Å²) in [5, 5.41) is 0. The van der Waals surface area contributed by atoms with Crippen LogP contribution in [0.2, 0.25) is 0 Å². The Hall–Kier alpha value is -2.02. The molecule has 2 rings (SSSR count). The van der Waals surface area contributed by atoms with Gasteiger partial charge in [-0.15, -0.1) is 0 Å². The molecule has 0 aromatic heterocycles. The molecular weight excluding hydrogens is 327 g/mol. The Morgan fingerprint density at radius 1 is 1.09 bits per heavy atom. The van der Waals surface area contributed by atoms with Gasteiger partial charge in [-0.25, -0.2) is 8.42 Å². The molecule has 0 fully saturated rings. The van der Waals surface area contributed by atoms with Crippen LogP contribution in [-0.4, -0.2) is 8.42 Å². The van der Waals surface area contributed by atoms with Crippen molar-refractivity contribution in [2.75, 3.05) is 4.72 Å². The zero-order valence-corrected chi connectivity index (χ0v) is 13.4. The van der Waals surface area contributed by atoms with Crippen LogP contribution in [-0.2, 0) is 22.6 Å². The molecular formula is C16H16F3NO2S. The maximum absolute atomic E-state index is 13.0. The Morgan fingerprint density at radius 2 is 1.74 bits per heavy atom. The molecule has 1 N–H and O–H groups in total. The molecule has 0 heterocycles. The summed E-state index contributed by atoms with van der Waals surface area (Å²) in [6.45, 7) is 3.78. The molecule has 0 aliphatic rings. The predicted molar refractivity (Wildman–Crippen MR) is 82.8 cm³/mol. The monoisotopic (exact) mass is 343 g/mol. The average molecular weight is 343 g/mol. The molecule has 2 aromatic carbocycles. The van der Waals surface area contributed by atoms with Crippen LogP contribution in [0.4, 0.5) is 18.9 Å². The van der Waals surface area contributed by atoms with Crippen LogP contribution in [0.1, 0.15) is 23.6 Å². The van der Waals surface area contributed by atoms with E-state index in [0.717, 1.165) is 35.7 Å². The number of benzene rings is 2. The van der Waals surface area contributed by atoms with E-state index >= 15 is 0 Å². The van der Waals surface area contributed by atoms with Crippen LogP contribution in [0, 0.1) is 6.92 Å². The quantitative estimate of drug-likeness (QED) is 0.896. The highest BCUT2D eigenvalue weighted by Gasteiger charge is 2.36. The fourth-order valence-corrected chi connectivity index (χ4v) is 3.58. The van der Waals surface area contributed by atoms with E-state index in [4.69, 9.17) is 0 Å². The van der Waals surface area contributed by atoms with Crippen LogP contribution in [0.15, 0.2) is 47.4 Å². The Balaban J connectivity index is 2.43. The fourth-order valence-electron chi connectivity index (χ4n) is 2.30. The minimum absolute atomic E-state index is 0.233. The van der Waals surface area contributed by atoms with Crippen molar-refractivity contribution >= 4 is 15.7 Å². The second-order valence-corrected chi connectivity index (χ2v) is 6.75. The van der Waals surface area contributed by atoms with E-state index in [-0.39, 0.29) is 5.69 Å². The highest BCUT2D eigenvalue weighted by Crippen LogP contribution is 2.34. The van der Waals surface area contributed by atoms with Crippen LogP contribution in [0.25, 0.3) is 0 Å². The number of hydrogen-bond acceptors (Lipinski definition) is 2. The topological polar surface area (TPSA) is 46.2 Å². The van der Waals surface area contributed by atoms with Gasteiger partial charge in [0, 0.05) is 5.69 Å². The third-order valence-corrected chi connectivity index (χ3v) is 4.90. The summed E-state index contributed by atoms with van der Waals surface area (Å²) in [7, 11) is -4.33. The van der Waals surface area contributed by atoms with Gasteiger partial charge in [0.05, 0.1) is 10.5 Å². The van der Waals surface area contributed by atoms with Crippen LogP contribution < -0.4 is 4.72 Å². The lowest BCUT2D eigenvalue weighted by atomic mass is 10.1. The normalized spacial score (nSPS) is 12.2. The first-order valence-corrected chi connectivity index (χ1v) is 8.42. The van der Waals surface area contributed by atoms with Gasteiger partial charge in [-0.2, -0.15) is 13.2 Å². The minimum atomic E-state index is -4.74. The van der Waals surface area contributed by atoms with Gasteiger partial charge in [0.1, 0.15) is 0 Å². The van der Waals surface area contributed by atoms with Crippen LogP contribution in [0.5, 0.6) is 0 Å². The van der Waals surface area contributed by atoms with Crippen LogP contribution >= 0.6 is 0 Å². The van der Waals surface area contributed by atoms with E-state index in [9.17, 15) is 21.6 Å². The molecule has 0 saturated carbocycles. The number of anilines is 1. The standard InChI is InChI=1S/C16H16F3NO2S/c1-3-12-8-9-13(10-11(12)2)20-23(21,22)15-7-5-4-6-14(15)16(17,18)19/h4-10,20H,3H2,1-2H3. The molecule has 0 bridgehead atoms. The summed E-state index contributed by atoms with van der Waals surface area (Å²) < 4.78 is 65.8. The molecule has 2 aromatic rings. The van der Waals surface area contributed by atoms with E-state index in [2.05, 4.69) is 4.72 Å². The van der Waals surface area contributed by atoms with Gasteiger partial charge in [-0.1, -0.05) is 25.1 Å². The van der Waals surface area contributed by atoms with Crippen molar-refractivity contribution < 1.29 is 21.6 Å². The van der Waals surface area contributed by atoms with Crippen molar-refractivity contribution in [2.24, 2.45) is 0 Å². The van der Waals surface area contributed by atoms with Crippen molar-refractivity contribution in [1.29, 1.82) is 0 Å². The summed E-state index contributed by atoms with van der Waals surface area (Å²) in [6, 6.07) is 9.00. The molecule has 0 unspecified atom stereocenters. The molecule has 23 heavy (non-hydrogen) atoms. The summed E-state index contributed by atoms with van der Waals surface area (Å²) in [5.41, 5.74) is 0.964. The summed E-state index contributed by atoms with van der Waals surface area (Å²) in [5.74, 6) is 0. The van der Waals surface area contributed by atoms with Crippen LogP contribution in [0.3, 0.4) is 0 Å². The van der Waals surface area contributed by atoms with Gasteiger partial charge in [-0.05, 0) is 48.7 Å². The lowest BCUT2D eigenvalue weighted by Crippen LogP contribution is -2.19. The Morgan fingerprint density at radius 3 is 2.30 bits per heavy atom. The zero-order valence-electron chi connectivity index (χ0n) is 12.6. The van der Waals surface area contributed by atoms with Gasteiger partial charge >= 0.3 is 6.18 Å². The molecule has 3 nitrogen and oxygen atoms in total.